The first-order valence-corrected chi connectivity index (χ1v) is 8.13. The number of carbonyl (C=O) groups is 2. The molecule has 0 saturated carbocycles. The van der Waals surface area contributed by atoms with E-state index in [9.17, 15) is 14.7 Å². The van der Waals surface area contributed by atoms with Gasteiger partial charge in [-0.3, -0.25) is 14.5 Å². The average Bonchev–Trinajstić information content (AvgIpc) is 2.45. The molecule has 1 saturated heterocycles. The van der Waals surface area contributed by atoms with Crippen molar-refractivity contribution in [3.8, 4) is 0 Å². The van der Waals surface area contributed by atoms with Crippen molar-refractivity contribution in [2.24, 2.45) is 11.8 Å². The lowest BCUT2D eigenvalue weighted by molar-refractivity contribution is -0.148. The number of nitrogens with one attached hydrogen (secondary N) is 1. The minimum Gasteiger partial charge on any atom is -0.480 e. The summed E-state index contributed by atoms with van der Waals surface area (Å²) < 4.78 is 0. The van der Waals surface area contributed by atoms with Crippen LogP contribution in [-0.2, 0) is 9.59 Å². The number of hydrogen-bond acceptors (Lipinski definition) is 3. The quantitative estimate of drug-likeness (QED) is 0.755. The summed E-state index contributed by atoms with van der Waals surface area (Å²) in [5.41, 5.74) is 0. The average molecular weight is 298 g/mol. The predicted molar refractivity (Wildman–Crippen MR) is 83.1 cm³/mol. The molecule has 0 aromatic heterocycles. The Balaban J connectivity index is 2.59. The smallest absolute Gasteiger partial charge is 0.320 e. The van der Waals surface area contributed by atoms with E-state index in [4.69, 9.17) is 0 Å². The van der Waals surface area contributed by atoms with Crippen LogP contribution in [0, 0.1) is 11.8 Å². The molecule has 0 aromatic rings. The van der Waals surface area contributed by atoms with Crippen LogP contribution in [0.2, 0.25) is 0 Å². The Labute approximate surface area is 128 Å². The summed E-state index contributed by atoms with van der Waals surface area (Å²) in [6, 6.07) is -0.911. The van der Waals surface area contributed by atoms with Crippen molar-refractivity contribution in [2.75, 3.05) is 13.1 Å². The van der Waals surface area contributed by atoms with Crippen molar-refractivity contribution in [3.63, 3.8) is 0 Å². The van der Waals surface area contributed by atoms with Gasteiger partial charge in [0.05, 0.1) is 6.04 Å². The SMILES string of the molecule is CCC1CCN(C(C)C(=O)NCCC(C)C)C(C(=O)O)C1. The molecule has 1 aliphatic rings. The van der Waals surface area contributed by atoms with Crippen molar-refractivity contribution >= 4 is 11.9 Å². The Morgan fingerprint density at radius 1 is 1.33 bits per heavy atom. The van der Waals surface area contributed by atoms with Gasteiger partial charge in [0.2, 0.25) is 5.91 Å². The molecule has 1 rings (SSSR count). The highest BCUT2D eigenvalue weighted by Gasteiger charge is 2.37. The molecule has 1 amide bonds. The van der Waals surface area contributed by atoms with E-state index in [1.165, 1.54) is 0 Å². The van der Waals surface area contributed by atoms with Gasteiger partial charge in [-0.05, 0) is 38.0 Å². The lowest BCUT2D eigenvalue weighted by atomic mass is 9.88. The highest BCUT2D eigenvalue weighted by molar-refractivity contribution is 5.82. The normalized spacial score (nSPS) is 24.8. The zero-order valence-corrected chi connectivity index (χ0v) is 13.8. The van der Waals surface area contributed by atoms with E-state index in [2.05, 4.69) is 26.1 Å². The van der Waals surface area contributed by atoms with Crippen LogP contribution in [0.1, 0.15) is 53.4 Å². The Bertz CT molecular complexity index is 357. The molecule has 3 unspecified atom stereocenters. The first-order chi connectivity index (χ1) is 9.86. The van der Waals surface area contributed by atoms with E-state index in [0.29, 0.717) is 31.3 Å². The number of carboxylic acids is 1. The highest BCUT2D eigenvalue weighted by atomic mass is 16.4. The van der Waals surface area contributed by atoms with Crippen molar-refractivity contribution in [2.45, 2.75) is 65.5 Å². The molecule has 0 radical (unpaired) electrons. The molecule has 5 heteroatoms. The molecule has 122 valence electrons. The summed E-state index contributed by atoms with van der Waals surface area (Å²) in [5, 5.41) is 12.4. The first kappa shape index (κ1) is 18.0. The van der Waals surface area contributed by atoms with Gasteiger partial charge in [0.25, 0.3) is 0 Å². The van der Waals surface area contributed by atoms with E-state index < -0.39 is 12.0 Å². The Morgan fingerprint density at radius 2 is 2.00 bits per heavy atom. The van der Waals surface area contributed by atoms with Crippen molar-refractivity contribution in [1.29, 1.82) is 0 Å². The minimum absolute atomic E-state index is 0.0585. The summed E-state index contributed by atoms with van der Waals surface area (Å²) >= 11 is 0. The van der Waals surface area contributed by atoms with Crippen LogP contribution in [0.4, 0.5) is 0 Å². The number of carbonyl (C=O) groups excluding carboxylic acids is 1. The largest absolute Gasteiger partial charge is 0.480 e. The minimum atomic E-state index is -0.810. The third-order valence-corrected chi connectivity index (χ3v) is 4.51. The molecule has 2 N–H and O–H groups in total. The van der Waals surface area contributed by atoms with Crippen molar-refractivity contribution in [1.82, 2.24) is 10.2 Å². The van der Waals surface area contributed by atoms with Gasteiger partial charge in [0.1, 0.15) is 6.04 Å². The third kappa shape index (κ3) is 5.30. The molecule has 1 aliphatic heterocycles. The van der Waals surface area contributed by atoms with Gasteiger partial charge in [-0.1, -0.05) is 27.2 Å². The molecular weight excluding hydrogens is 268 g/mol. The molecule has 0 aliphatic carbocycles. The molecule has 0 spiro atoms. The summed E-state index contributed by atoms with van der Waals surface area (Å²) in [6.07, 6.45) is 3.57. The van der Waals surface area contributed by atoms with E-state index >= 15 is 0 Å². The van der Waals surface area contributed by atoms with Crippen LogP contribution in [0.15, 0.2) is 0 Å². The van der Waals surface area contributed by atoms with Crippen molar-refractivity contribution < 1.29 is 14.7 Å². The van der Waals surface area contributed by atoms with Crippen LogP contribution in [0.5, 0.6) is 0 Å². The van der Waals surface area contributed by atoms with Gasteiger partial charge in [-0.2, -0.15) is 0 Å². The zero-order valence-electron chi connectivity index (χ0n) is 13.8. The second kappa shape index (κ2) is 8.37. The summed E-state index contributed by atoms with van der Waals surface area (Å²) in [6.45, 7) is 9.49. The second-order valence-corrected chi connectivity index (χ2v) is 6.54. The lowest BCUT2D eigenvalue weighted by Crippen LogP contribution is -2.55. The Hall–Kier alpha value is -1.10. The summed E-state index contributed by atoms with van der Waals surface area (Å²) in [7, 11) is 0. The maximum atomic E-state index is 12.2. The van der Waals surface area contributed by atoms with Gasteiger partial charge in [0.15, 0.2) is 0 Å². The van der Waals surface area contributed by atoms with E-state index in [1.807, 2.05) is 11.8 Å². The molecule has 5 nitrogen and oxygen atoms in total. The number of aliphatic carboxylic acids is 1. The number of nitrogens with zero attached hydrogens (tertiary/aromatic N) is 1. The van der Waals surface area contributed by atoms with Crippen LogP contribution < -0.4 is 5.32 Å². The number of rotatable bonds is 7. The van der Waals surface area contributed by atoms with E-state index in [-0.39, 0.29) is 11.9 Å². The maximum absolute atomic E-state index is 12.2. The number of likely N-dealkylation sites (tertiary alicyclic amines) is 1. The van der Waals surface area contributed by atoms with Gasteiger partial charge >= 0.3 is 5.97 Å². The topological polar surface area (TPSA) is 69.6 Å². The first-order valence-electron chi connectivity index (χ1n) is 8.13. The second-order valence-electron chi connectivity index (χ2n) is 6.54. The highest BCUT2D eigenvalue weighted by Crippen LogP contribution is 2.27. The Morgan fingerprint density at radius 3 is 2.52 bits per heavy atom. The van der Waals surface area contributed by atoms with Gasteiger partial charge in [-0.15, -0.1) is 0 Å². The van der Waals surface area contributed by atoms with E-state index in [0.717, 1.165) is 19.3 Å². The van der Waals surface area contributed by atoms with Crippen LogP contribution in [0.3, 0.4) is 0 Å². The number of piperidine rings is 1. The molecule has 3 atom stereocenters. The fourth-order valence-electron chi connectivity index (χ4n) is 2.92. The van der Waals surface area contributed by atoms with Crippen LogP contribution >= 0.6 is 0 Å². The van der Waals surface area contributed by atoms with Crippen LogP contribution in [0.25, 0.3) is 0 Å². The zero-order chi connectivity index (χ0) is 16.0. The fourth-order valence-corrected chi connectivity index (χ4v) is 2.92. The Kier molecular flexibility index (Phi) is 7.15. The molecule has 0 aromatic carbocycles. The van der Waals surface area contributed by atoms with Gasteiger partial charge < -0.3 is 10.4 Å². The number of hydrogen-bond donors (Lipinski definition) is 2. The van der Waals surface area contributed by atoms with Gasteiger partial charge in [-0.25, -0.2) is 0 Å². The van der Waals surface area contributed by atoms with E-state index in [1.54, 1.807) is 0 Å². The molecule has 21 heavy (non-hydrogen) atoms. The molecular formula is C16H30N2O3. The summed E-state index contributed by atoms with van der Waals surface area (Å²) in [4.78, 5) is 25.5. The maximum Gasteiger partial charge on any atom is 0.320 e. The molecule has 1 heterocycles. The molecule has 1 fully saturated rings. The van der Waals surface area contributed by atoms with Gasteiger partial charge in [0, 0.05) is 13.1 Å². The van der Waals surface area contributed by atoms with Crippen molar-refractivity contribution in [3.05, 3.63) is 0 Å². The number of amides is 1. The lowest BCUT2D eigenvalue weighted by Gasteiger charge is -2.39. The molecule has 0 bridgehead atoms. The third-order valence-electron chi connectivity index (χ3n) is 4.51. The number of carboxylic acid groups (broad SMARTS) is 1. The van der Waals surface area contributed by atoms with Crippen LogP contribution in [-0.4, -0.2) is 47.1 Å². The summed E-state index contributed by atoms with van der Waals surface area (Å²) in [5.74, 6) is 0.137. The standard InChI is InChI=1S/C16H30N2O3/c1-5-13-7-9-18(14(10-13)16(20)21)12(4)15(19)17-8-6-11(2)3/h11-14H,5-10H2,1-4H3,(H,17,19)(H,20,21). The fraction of sp³-hybridized carbons (Fsp3) is 0.875. The monoisotopic (exact) mass is 298 g/mol. The predicted octanol–water partition coefficient (Wildman–Crippen LogP) is 2.11.